The first kappa shape index (κ1) is 25.9. The van der Waals surface area contributed by atoms with Gasteiger partial charge in [0.1, 0.15) is 11.7 Å². The van der Waals surface area contributed by atoms with E-state index >= 15 is 0 Å². The van der Waals surface area contributed by atoms with Crippen molar-refractivity contribution in [1.82, 2.24) is 10.6 Å². The van der Waals surface area contributed by atoms with E-state index in [0.717, 1.165) is 35.9 Å². The summed E-state index contributed by atoms with van der Waals surface area (Å²) in [4.78, 5) is 34.3. The molecule has 2 atom stereocenters. The predicted molar refractivity (Wildman–Crippen MR) is 150 cm³/mol. The average molecular weight is 517 g/mol. The SMILES string of the molecule is CC1CN=C(c2ccc(NC(=O)c3ccc(C(=O)Nc4ccc(C5=NCC(C)N5)cc4)cc3)cc2)N1.Cl. The topological polar surface area (TPSA) is 107 Å². The van der Waals surface area contributed by atoms with Crippen LogP contribution >= 0.6 is 12.4 Å². The summed E-state index contributed by atoms with van der Waals surface area (Å²) in [6.45, 7) is 5.70. The van der Waals surface area contributed by atoms with Crippen LogP contribution in [-0.4, -0.2) is 48.7 Å². The Balaban J connectivity index is 0.00000320. The van der Waals surface area contributed by atoms with Gasteiger partial charge in [-0.3, -0.25) is 19.6 Å². The highest BCUT2D eigenvalue weighted by Crippen LogP contribution is 2.16. The molecule has 2 aliphatic heterocycles. The smallest absolute Gasteiger partial charge is 0.255 e. The van der Waals surface area contributed by atoms with Gasteiger partial charge in [0.25, 0.3) is 11.8 Å². The second-order valence-electron chi connectivity index (χ2n) is 9.11. The van der Waals surface area contributed by atoms with Crippen molar-refractivity contribution in [2.45, 2.75) is 25.9 Å². The van der Waals surface area contributed by atoms with E-state index in [9.17, 15) is 9.59 Å². The second kappa shape index (κ2) is 11.3. The van der Waals surface area contributed by atoms with Gasteiger partial charge in [-0.15, -0.1) is 12.4 Å². The van der Waals surface area contributed by atoms with Gasteiger partial charge in [-0.2, -0.15) is 0 Å². The molecule has 2 amide bonds. The van der Waals surface area contributed by atoms with Crippen LogP contribution < -0.4 is 21.3 Å². The van der Waals surface area contributed by atoms with E-state index in [1.807, 2.05) is 48.5 Å². The lowest BCUT2D eigenvalue weighted by molar-refractivity contribution is 0.101. The van der Waals surface area contributed by atoms with Crippen molar-refractivity contribution in [1.29, 1.82) is 0 Å². The van der Waals surface area contributed by atoms with Crippen LogP contribution in [0.25, 0.3) is 0 Å². The highest BCUT2D eigenvalue weighted by molar-refractivity contribution is 6.08. The monoisotopic (exact) mass is 516 g/mol. The molecule has 37 heavy (non-hydrogen) atoms. The van der Waals surface area contributed by atoms with E-state index in [-0.39, 0.29) is 24.2 Å². The molecule has 0 aromatic heterocycles. The van der Waals surface area contributed by atoms with Crippen molar-refractivity contribution in [2.75, 3.05) is 23.7 Å². The lowest BCUT2D eigenvalue weighted by atomic mass is 10.1. The molecule has 9 heteroatoms. The molecular formula is C28H29ClN6O2. The third kappa shape index (κ3) is 6.16. The molecule has 0 fully saturated rings. The number of rotatable bonds is 6. The van der Waals surface area contributed by atoms with Gasteiger partial charge in [0.2, 0.25) is 0 Å². The maximum Gasteiger partial charge on any atom is 0.255 e. The summed E-state index contributed by atoms with van der Waals surface area (Å²) >= 11 is 0. The number of carbonyl (C=O) groups excluding carboxylic acids is 2. The van der Waals surface area contributed by atoms with E-state index in [2.05, 4.69) is 45.1 Å². The number of carbonyl (C=O) groups is 2. The lowest BCUT2D eigenvalue weighted by Crippen LogP contribution is -2.27. The van der Waals surface area contributed by atoms with Gasteiger partial charge in [0.15, 0.2) is 0 Å². The number of hydrogen-bond acceptors (Lipinski definition) is 6. The van der Waals surface area contributed by atoms with Gasteiger partial charge in [-0.05, 0) is 86.6 Å². The summed E-state index contributed by atoms with van der Waals surface area (Å²) in [5.41, 5.74) is 4.29. The van der Waals surface area contributed by atoms with Crippen LogP contribution in [0.15, 0.2) is 82.8 Å². The van der Waals surface area contributed by atoms with Crippen molar-refractivity contribution in [3.05, 3.63) is 95.1 Å². The largest absolute Gasteiger partial charge is 0.366 e. The van der Waals surface area contributed by atoms with Crippen molar-refractivity contribution in [2.24, 2.45) is 9.98 Å². The fraction of sp³-hybridized carbons (Fsp3) is 0.214. The molecule has 0 spiro atoms. The number of anilines is 2. The zero-order valence-corrected chi connectivity index (χ0v) is 21.4. The number of hydrogen-bond donors (Lipinski definition) is 4. The summed E-state index contributed by atoms with van der Waals surface area (Å²) in [5.74, 6) is 1.26. The summed E-state index contributed by atoms with van der Waals surface area (Å²) in [6, 6.07) is 22.4. The first-order valence-electron chi connectivity index (χ1n) is 12.0. The summed E-state index contributed by atoms with van der Waals surface area (Å²) in [5, 5.41) is 12.4. The second-order valence-corrected chi connectivity index (χ2v) is 9.11. The molecule has 0 bridgehead atoms. The molecule has 3 aromatic rings. The Morgan fingerprint density at radius 2 is 1.00 bits per heavy atom. The molecule has 3 aromatic carbocycles. The minimum absolute atomic E-state index is 0. The molecule has 0 aliphatic carbocycles. The number of amides is 2. The Morgan fingerprint density at radius 1 is 0.649 bits per heavy atom. The summed E-state index contributed by atoms with van der Waals surface area (Å²) in [7, 11) is 0. The molecule has 8 nitrogen and oxygen atoms in total. The normalized spacial score (nSPS) is 18.0. The minimum Gasteiger partial charge on any atom is -0.366 e. The van der Waals surface area contributed by atoms with Crippen LogP contribution in [0, 0.1) is 0 Å². The molecule has 4 N–H and O–H groups in total. The molecule has 2 heterocycles. The fourth-order valence-corrected chi connectivity index (χ4v) is 4.06. The van der Waals surface area contributed by atoms with E-state index in [4.69, 9.17) is 0 Å². The van der Waals surface area contributed by atoms with Gasteiger partial charge >= 0.3 is 0 Å². The Labute approximate surface area is 222 Å². The number of amidine groups is 2. The zero-order valence-electron chi connectivity index (χ0n) is 20.6. The number of nitrogens with zero attached hydrogens (tertiary/aromatic N) is 2. The third-order valence-electron chi connectivity index (χ3n) is 6.05. The van der Waals surface area contributed by atoms with Crippen LogP contribution in [0.3, 0.4) is 0 Å². The van der Waals surface area contributed by atoms with Crippen molar-refractivity contribution >= 4 is 47.3 Å². The van der Waals surface area contributed by atoms with Crippen molar-refractivity contribution in [3.63, 3.8) is 0 Å². The average Bonchev–Trinajstić information content (AvgIpc) is 3.53. The summed E-state index contributed by atoms with van der Waals surface area (Å²) in [6.07, 6.45) is 0. The fourth-order valence-electron chi connectivity index (χ4n) is 4.06. The Morgan fingerprint density at radius 3 is 1.30 bits per heavy atom. The predicted octanol–water partition coefficient (Wildman–Crippen LogP) is 4.09. The van der Waals surface area contributed by atoms with Gasteiger partial charge < -0.3 is 21.3 Å². The maximum absolute atomic E-state index is 12.7. The van der Waals surface area contributed by atoms with Gasteiger partial charge in [0.05, 0.1) is 13.1 Å². The van der Waals surface area contributed by atoms with E-state index < -0.39 is 0 Å². The number of benzene rings is 3. The molecule has 5 rings (SSSR count). The first-order chi connectivity index (χ1) is 17.4. The van der Waals surface area contributed by atoms with Gasteiger partial charge in [-0.25, -0.2) is 0 Å². The molecule has 190 valence electrons. The van der Waals surface area contributed by atoms with Crippen LogP contribution in [0.4, 0.5) is 11.4 Å². The van der Waals surface area contributed by atoms with Gasteiger partial charge in [0, 0.05) is 45.7 Å². The Kier molecular flexibility index (Phi) is 7.89. The van der Waals surface area contributed by atoms with E-state index in [1.165, 1.54) is 0 Å². The summed E-state index contributed by atoms with van der Waals surface area (Å²) < 4.78 is 0. The first-order valence-corrected chi connectivity index (χ1v) is 12.0. The number of nitrogens with one attached hydrogen (secondary N) is 4. The van der Waals surface area contributed by atoms with Crippen LogP contribution in [0.5, 0.6) is 0 Å². The zero-order chi connectivity index (χ0) is 25.1. The van der Waals surface area contributed by atoms with E-state index in [1.54, 1.807) is 24.3 Å². The minimum atomic E-state index is -0.243. The standard InChI is InChI=1S/C28H28N6O2.ClH/c1-17-15-29-25(31-17)19-7-11-23(12-8-19)33-27(35)21-3-5-22(6-4-21)28(36)34-24-13-9-20(10-14-24)26-30-16-18(2)32-26;/h3-14,17-18H,15-16H2,1-2H3,(H,29,31)(H,30,32)(H,33,35)(H,34,36);1H. The number of aliphatic imine (C=N–C) groups is 2. The molecule has 2 unspecified atom stereocenters. The molecule has 0 radical (unpaired) electrons. The Bertz CT molecular complexity index is 1230. The van der Waals surface area contributed by atoms with Crippen LogP contribution in [-0.2, 0) is 0 Å². The quantitative estimate of drug-likeness (QED) is 0.396. The molecule has 2 aliphatic rings. The maximum atomic E-state index is 12.7. The highest BCUT2D eigenvalue weighted by Gasteiger charge is 2.16. The lowest BCUT2D eigenvalue weighted by Gasteiger charge is -2.10. The van der Waals surface area contributed by atoms with Crippen LogP contribution in [0.1, 0.15) is 45.7 Å². The van der Waals surface area contributed by atoms with E-state index in [0.29, 0.717) is 34.6 Å². The molecular weight excluding hydrogens is 488 g/mol. The van der Waals surface area contributed by atoms with Crippen molar-refractivity contribution in [3.8, 4) is 0 Å². The van der Waals surface area contributed by atoms with Crippen molar-refractivity contribution < 1.29 is 9.59 Å². The van der Waals surface area contributed by atoms with Gasteiger partial charge in [-0.1, -0.05) is 0 Å². The van der Waals surface area contributed by atoms with Crippen LogP contribution in [0.2, 0.25) is 0 Å². The molecule has 0 saturated carbocycles. The number of halogens is 1. The molecule has 0 saturated heterocycles. The third-order valence-corrected chi connectivity index (χ3v) is 6.05. The highest BCUT2D eigenvalue weighted by atomic mass is 35.5. The Hall–Kier alpha value is -4.17.